The summed E-state index contributed by atoms with van der Waals surface area (Å²) < 4.78 is 5.35. The summed E-state index contributed by atoms with van der Waals surface area (Å²) in [6.45, 7) is 0.716. The molecule has 0 bridgehead atoms. The van der Waals surface area contributed by atoms with Crippen molar-refractivity contribution in [2.24, 2.45) is 0 Å². The van der Waals surface area contributed by atoms with Gasteiger partial charge in [0.1, 0.15) is 6.10 Å². The van der Waals surface area contributed by atoms with E-state index in [0.29, 0.717) is 6.61 Å². The number of carbonyl (C=O) groups is 1. The van der Waals surface area contributed by atoms with Crippen LogP contribution in [0.2, 0.25) is 0 Å². The molecule has 0 N–H and O–H groups in total. The molecule has 2 rings (SSSR count). The van der Waals surface area contributed by atoms with E-state index in [2.05, 4.69) is 0 Å². The van der Waals surface area contributed by atoms with Crippen molar-refractivity contribution >= 4 is 22.9 Å². The molecule has 0 aliphatic carbocycles. The van der Waals surface area contributed by atoms with Crippen molar-refractivity contribution in [2.75, 3.05) is 18.6 Å². The molecule has 2 heterocycles. The minimum absolute atomic E-state index is 0.0703. The molecular formula is C10H13NO2S. The lowest BCUT2D eigenvalue weighted by Gasteiger charge is -2.19. The smallest absolute Gasteiger partial charge is 0.255 e. The minimum Gasteiger partial charge on any atom is -0.368 e. The van der Waals surface area contributed by atoms with Crippen LogP contribution in [0, 0.1) is 0 Å². The molecule has 4 heteroatoms. The summed E-state index contributed by atoms with van der Waals surface area (Å²) in [5.74, 6) is 0.0703. The van der Waals surface area contributed by atoms with Gasteiger partial charge in [-0.05, 0) is 24.3 Å². The van der Waals surface area contributed by atoms with Gasteiger partial charge in [0, 0.05) is 19.0 Å². The van der Waals surface area contributed by atoms with Crippen molar-refractivity contribution in [1.29, 1.82) is 0 Å². The molecule has 1 saturated heterocycles. The maximum Gasteiger partial charge on any atom is 0.255 e. The first-order valence-corrected chi connectivity index (χ1v) is 5.64. The van der Waals surface area contributed by atoms with Crippen LogP contribution in [0.4, 0.5) is 5.69 Å². The highest BCUT2D eigenvalue weighted by Crippen LogP contribution is 2.20. The van der Waals surface area contributed by atoms with Crippen LogP contribution in [0.25, 0.3) is 0 Å². The monoisotopic (exact) mass is 211 g/mol. The van der Waals surface area contributed by atoms with Crippen molar-refractivity contribution in [1.82, 2.24) is 0 Å². The van der Waals surface area contributed by atoms with E-state index in [9.17, 15) is 4.79 Å². The van der Waals surface area contributed by atoms with E-state index in [1.54, 1.807) is 23.3 Å². The molecule has 14 heavy (non-hydrogen) atoms. The lowest BCUT2D eigenvalue weighted by molar-refractivity contribution is -0.127. The van der Waals surface area contributed by atoms with Crippen LogP contribution in [0.15, 0.2) is 16.8 Å². The Bertz CT molecular complexity index is 304. The van der Waals surface area contributed by atoms with Gasteiger partial charge in [-0.25, -0.2) is 0 Å². The molecule has 0 unspecified atom stereocenters. The number of anilines is 1. The topological polar surface area (TPSA) is 29.5 Å². The van der Waals surface area contributed by atoms with Crippen LogP contribution in [0.1, 0.15) is 12.8 Å². The molecule has 1 fully saturated rings. The predicted octanol–water partition coefficient (Wildman–Crippen LogP) is 1.89. The highest BCUT2D eigenvalue weighted by atomic mass is 32.1. The van der Waals surface area contributed by atoms with Gasteiger partial charge in [0.15, 0.2) is 0 Å². The first-order valence-electron chi connectivity index (χ1n) is 4.70. The molecule has 3 nitrogen and oxygen atoms in total. The average molecular weight is 211 g/mol. The van der Waals surface area contributed by atoms with E-state index in [4.69, 9.17) is 4.74 Å². The molecule has 76 valence electrons. The van der Waals surface area contributed by atoms with Gasteiger partial charge in [0.25, 0.3) is 5.91 Å². The van der Waals surface area contributed by atoms with Crippen molar-refractivity contribution in [2.45, 2.75) is 18.9 Å². The molecule has 1 amide bonds. The molecule has 1 aliphatic heterocycles. The van der Waals surface area contributed by atoms with Crippen LogP contribution in [0.5, 0.6) is 0 Å². The van der Waals surface area contributed by atoms with Crippen molar-refractivity contribution in [3.8, 4) is 0 Å². The summed E-state index contributed by atoms with van der Waals surface area (Å²) in [6, 6.07) is 1.94. The third kappa shape index (κ3) is 1.81. The second-order valence-electron chi connectivity index (χ2n) is 3.38. The van der Waals surface area contributed by atoms with E-state index < -0.39 is 0 Å². The highest BCUT2D eigenvalue weighted by Gasteiger charge is 2.26. The summed E-state index contributed by atoms with van der Waals surface area (Å²) in [5.41, 5.74) is 0.954. The van der Waals surface area contributed by atoms with Gasteiger partial charge < -0.3 is 9.64 Å². The third-order valence-corrected chi connectivity index (χ3v) is 3.10. The number of rotatable bonds is 2. The minimum atomic E-state index is -0.222. The summed E-state index contributed by atoms with van der Waals surface area (Å²) in [5, 5.41) is 3.93. The Morgan fingerprint density at radius 2 is 2.57 bits per heavy atom. The fourth-order valence-corrected chi connectivity index (χ4v) is 2.24. The molecule has 0 radical (unpaired) electrons. The van der Waals surface area contributed by atoms with E-state index in [0.717, 1.165) is 18.5 Å². The molecule has 0 aromatic carbocycles. The first-order chi connectivity index (χ1) is 6.79. The molecule has 0 saturated carbocycles. The van der Waals surface area contributed by atoms with Crippen LogP contribution in [-0.2, 0) is 9.53 Å². The predicted molar refractivity (Wildman–Crippen MR) is 56.7 cm³/mol. The zero-order valence-electron chi connectivity index (χ0n) is 8.10. The van der Waals surface area contributed by atoms with Gasteiger partial charge in [0.2, 0.25) is 0 Å². The Balaban J connectivity index is 2.04. The Labute approximate surface area is 87.3 Å². The molecule has 1 atom stereocenters. The normalized spacial score (nSPS) is 21.1. The van der Waals surface area contributed by atoms with E-state index >= 15 is 0 Å². The molecule has 1 aromatic heterocycles. The summed E-state index contributed by atoms with van der Waals surface area (Å²) in [4.78, 5) is 13.5. The number of nitrogens with zero attached hydrogens (tertiary/aromatic N) is 1. The SMILES string of the molecule is CN(C(=O)[C@H]1CCCO1)c1ccsc1. The number of hydrogen-bond donors (Lipinski definition) is 0. The molecule has 1 aliphatic rings. The van der Waals surface area contributed by atoms with E-state index in [-0.39, 0.29) is 12.0 Å². The number of likely N-dealkylation sites (N-methyl/N-ethyl adjacent to an activating group) is 1. The zero-order valence-corrected chi connectivity index (χ0v) is 8.92. The fourth-order valence-electron chi connectivity index (χ4n) is 1.56. The number of ether oxygens (including phenoxy) is 1. The number of hydrogen-bond acceptors (Lipinski definition) is 3. The second-order valence-corrected chi connectivity index (χ2v) is 4.16. The fraction of sp³-hybridized carbons (Fsp3) is 0.500. The van der Waals surface area contributed by atoms with Crippen molar-refractivity contribution in [3.63, 3.8) is 0 Å². The van der Waals surface area contributed by atoms with Crippen LogP contribution in [0.3, 0.4) is 0 Å². The number of carbonyl (C=O) groups excluding carboxylic acids is 1. The molecular weight excluding hydrogens is 198 g/mol. The summed E-state index contributed by atoms with van der Waals surface area (Å²) >= 11 is 1.59. The molecule has 0 spiro atoms. The first kappa shape index (κ1) is 9.68. The largest absolute Gasteiger partial charge is 0.368 e. The molecule has 1 aromatic rings. The van der Waals surface area contributed by atoms with Crippen LogP contribution in [-0.4, -0.2) is 25.7 Å². The zero-order chi connectivity index (χ0) is 9.97. The third-order valence-electron chi connectivity index (χ3n) is 2.43. The van der Waals surface area contributed by atoms with Gasteiger partial charge in [-0.1, -0.05) is 0 Å². The number of thiophene rings is 1. The Hall–Kier alpha value is -0.870. The Kier molecular flexibility index (Phi) is 2.84. The quantitative estimate of drug-likeness (QED) is 0.747. The van der Waals surface area contributed by atoms with Crippen molar-refractivity contribution in [3.05, 3.63) is 16.8 Å². The van der Waals surface area contributed by atoms with E-state index in [1.165, 1.54) is 0 Å². The Morgan fingerprint density at radius 1 is 1.71 bits per heavy atom. The maximum absolute atomic E-state index is 11.8. The summed E-state index contributed by atoms with van der Waals surface area (Å²) in [6.07, 6.45) is 1.63. The van der Waals surface area contributed by atoms with Crippen LogP contribution < -0.4 is 4.90 Å². The highest BCUT2D eigenvalue weighted by molar-refractivity contribution is 7.08. The average Bonchev–Trinajstić information content (AvgIpc) is 2.87. The lowest BCUT2D eigenvalue weighted by atomic mass is 10.2. The Morgan fingerprint density at radius 3 is 3.14 bits per heavy atom. The van der Waals surface area contributed by atoms with Crippen LogP contribution >= 0.6 is 11.3 Å². The second kappa shape index (κ2) is 4.11. The van der Waals surface area contributed by atoms with Gasteiger partial charge in [-0.15, -0.1) is 0 Å². The van der Waals surface area contributed by atoms with Gasteiger partial charge >= 0.3 is 0 Å². The van der Waals surface area contributed by atoms with E-state index in [1.807, 2.05) is 16.8 Å². The summed E-state index contributed by atoms with van der Waals surface area (Å²) in [7, 11) is 1.80. The maximum atomic E-state index is 11.8. The van der Waals surface area contributed by atoms with Gasteiger partial charge in [-0.3, -0.25) is 4.79 Å². The number of amides is 1. The standard InChI is InChI=1S/C10H13NO2S/c1-11(8-4-6-14-7-8)10(12)9-3-2-5-13-9/h4,6-7,9H,2-3,5H2,1H3/t9-/m1/s1. The lowest BCUT2D eigenvalue weighted by Crippen LogP contribution is -2.35. The van der Waals surface area contributed by atoms with Gasteiger partial charge in [-0.2, -0.15) is 11.3 Å². The van der Waals surface area contributed by atoms with Gasteiger partial charge in [0.05, 0.1) is 5.69 Å². The van der Waals surface area contributed by atoms with Crippen molar-refractivity contribution < 1.29 is 9.53 Å².